The maximum absolute atomic E-state index is 13.1. The molecule has 0 radical (unpaired) electrons. The lowest BCUT2D eigenvalue weighted by molar-refractivity contribution is -0.149. The number of carbonyl (C=O) groups is 4. The molecule has 0 fully saturated rings. The van der Waals surface area contributed by atoms with Gasteiger partial charge in [-0.2, -0.15) is 0 Å². The van der Waals surface area contributed by atoms with Gasteiger partial charge in [0.1, 0.15) is 18.5 Å². The average molecular weight is 645 g/mol. The number of hydrogen-bond acceptors (Lipinski definition) is 8. The quantitative estimate of drug-likeness (QED) is 0.114. The van der Waals surface area contributed by atoms with E-state index >= 15 is 0 Å². The summed E-state index contributed by atoms with van der Waals surface area (Å²) in [5, 5.41) is 23.2. The second-order valence-corrected chi connectivity index (χ2v) is 10.2. The van der Waals surface area contributed by atoms with Crippen molar-refractivity contribution in [3.8, 4) is 11.5 Å². The highest BCUT2D eigenvalue weighted by Gasteiger charge is 2.41. The largest absolute Gasteiger partial charge is 0.493 e. The summed E-state index contributed by atoms with van der Waals surface area (Å²) in [5.41, 5.74) is 0.634. The molecule has 0 heterocycles. The molecular weight excluding hydrogens is 607 g/mol. The minimum Gasteiger partial charge on any atom is -0.493 e. The number of benzene rings is 1. The molecule has 1 aromatic carbocycles. The van der Waals surface area contributed by atoms with Gasteiger partial charge in [0.25, 0.3) is 5.91 Å². The number of carbonyl (C=O) groups excluding carboxylic acids is 4. The molecule has 0 spiro atoms. The van der Waals surface area contributed by atoms with Crippen molar-refractivity contribution in [3.63, 3.8) is 0 Å². The third kappa shape index (κ3) is 8.24. The van der Waals surface area contributed by atoms with Crippen molar-refractivity contribution in [2.24, 2.45) is 0 Å². The van der Waals surface area contributed by atoms with Crippen LogP contribution in [0.4, 0.5) is 0 Å². The molecule has 0 bridgehead atoms. The van der Waals surface area contributed by atoms with Crippen LogP contribution in [0.2, 0.25) is 0 Å². The Morgan fingerprint density at radius 2 is 1.95 bits per heavy atom. The van der Waals surface area contributed by atoms with Gasteiger partial charge in [-0.15, -0.1) is 0 Å². The molecule has 0 aliphatic heterocycles. The molecule has 2 rings (SSSR count). The number of aldehydes is 1. The number of halogens is 1. The van der Waals surface area contributed by atoms with Crippen molar-refractivity contribution in [2.75, 3.05) is 26.8 Å². The van der Waals surface area contributed by atoms with Crippen LogP contribution in [0.25, 0.3) is 0 Å². The summed E-state index contributed by atoms with van der Waals surface area (Å²) >= 11 is 1.99. The molecule has 11 heteroatoms. The number of ketones is 1. The molecule has 0 saturated carbocycles. The van der Waals surface area contributed by atoms with Crippen LogP contribution in [0.1, 0.15) is 62.7 Å². The highest BCUT2D eigenvalue weighted by Crippen LogP contribution is 2.37. The number of methoxy groups -OCH3 is 1. The zero-order valence-corrected chi connectivity index (χ0v) is 24.2. The lowest BCUT2D eigenvalue weighted by Crippen LogP contribution is -2.56. The Labute approximate surface area is 236 Å². The molecule has 0 aromatic heterocycles. The summed E-state index contributed by atoms with van der Waals surface area (Å²) in [5.74, 6) is -1.22. The second kappa shape index (κ2) is 15.8. The molecule has 0 saturated heterocycles. The molecule has 3 atom stereocenters. The SMILES string of the molecule is CCCCCCN(C(=O)C(=O)CC)C1CC(C(=O)NCCO)=CC(Oc2c(I)cc(C=O)cc2OC)C1O. The minimum atomic E-state index is -1.27. The lowest BCUT2D eigenvalue weighted by Gasteiger charge is -2.40. The van der Waals surface area contributed by atoms with Crippen LogP contribution in [0.5, 0.6) is 11.5 Å². The number of unbranched alkanes of at least 4 members (excludes halogenated alkanes) is 3. The number of nitrogens with zero attached hydrogens (tertiary/aromatic N) is 1. The number of aliphatic hydroxyl groups is 2. The van der Waals surface area contributed by atoms with Crippen molar-refractivity contribution in [1.29, 1.82) is 0 Å². The molecular formula is C27H37IN2O8. The number of nitrogens with one attached hydrogen (secondary N) is 1. The average Bonchev–Trinajstić information content (AvgIpc) is 2.92. The molecule has 10 nitrogen and oxygen atoms in total. The van der Waals surface area contributed by atoms with E-state index in [1.807, 2.05) is 22.6 Å². The first-order valence-electron chi connectivity index (χ1n) is 12.8. The molecule has 1 aliphatic rings. The van der Waals surface area contributed by atoms with Crippen molar-refractivity contribution >= 4 is 46.5 Å². The van der Waals surface area contributed by atoms with Gasteiger partial charge < -0.3 is 29.9 Å². The van der Waals surface area contributed by atoms with Crippen LogP contribution in [-0.4, -0.2) is 84.1 Å². The van der Waals surface area contributed by atoms with E-state index in [0.717, 1.165) is 19.3 Å². The fraction of sp³-hybridized carbons (Fsp3) is 0.556. The molecule has 1 aliphatic carbocycles. The predicted molar refractivity (Wildman–Crippen MR) is 149 cm³/mol. The molecule has 3 unspecified atom stereocenters. The summed E-state index contributed by atoms with van der Waals surface area (Å²) in [4.78, 5) is 51.1. The number of ether oxygens (including phenoxy) is 2. The standard InChI is InChI=1S/C27H37IN2O8/c1-4-6-7-8-10-30(27(36)21(33)5-2)20-14-18(26(35)29-9-11-31)15-22(24(20)34)38-25-19(28)12-17(16-32)13-23(25)37-3/h12-13,15-16,20,22,24,31,34H,4-11,14H2,1-3H3,(H,29,35). The van der Waals surface area contributed by atoms with Crippen molar-refractivity contribution in [2.45, 2.75) is 70.6 Å². The smallest absolute Gasteiger partial charge is 0.290 e. The van der Waals surface area contributed by atoms with E-state index in [9.17, 15) is 24.3 Å². The Hall–Kier alpha value is -2.51. The van der Waals surface area contributed by atoms with Gasteiger partial charge in [0.15, 0.2) is 11.5 Å². The maximum Gasteiger partial charge on any atom is 0.290 e. The van der Waals surface area contributed by atoms with Crippen molar-refractivity contribution in [1.82, 2.24) is 10.2 Å². The first-order chi connectivity index (χ1) is 18.2. The summed E-state index contributed by atoms with van der Waals surface area (Å²) in [6.07, 6.45) is 3.29. The number of hydrogen-bond donors (Lipinski definition) is 3. The first-order valence-corrected chi connectivity index (χ1v) is 13.9. The van der Waals surface area contributed by atoms with E-state index in [2.05, 4.69) is 12.2 Å². The number of aliphatic hydroxyl groups excluding tert-OH is 2. The van der Waals surface area contributed by atoms with E-state index in [0.29, 0.717) is 21.8 Å². The monoisotopic (exact) mass is 644 g/mol. The van der Waals surface area contributed by atoms with E-state index in [1.165, 1.54) is 24.2 Å². The Morgan fingerprint density at radius 3 is 2.55 bits per heavy atom. The number of rotatable bonds is 15. The van der Waals surface area contributed by atoms with Crippen molar-refractivity contribution < 1.29 is 38.9 Å². The van der Waals surface area contributed by atoms with Crippen molar-refractivity contribution in [3.05, 3.63) is 32.9 Å². The van der Waals surface area contributed by atoms with Crippen LogP contribution in [-0.2, 0) is 14.4 Å². The third-order valence-corrected chi connectivity index (χ3v) is 7.13. The van der Waals surface area contributed by atoms with Gasteiger partial charge in [-0.1, -0.05) is 33.1 Å². The Morgan fingerprint density at radius 1 is 1.21 bits per heavy atom. The highest BCUT2D eigenvalue weighted by molar-refractivity contribution is 14.1. The van der Waals surface area contributed by atoms with Gasteiger partial charge in [-0.25, -0.2) is 0 Å². The lowest BCUT2D eigenvalue weighted by atomic mass is 9.87. The van der Waals surface area contributed by atoms with Crippen LogP contribution >= 0.6 is 22.6 Å². The molecule has 38 heavy (non-hydrogen) atoms. The number of Topliss-reactive ketones (excluding diaryl/α,β-unsaturated/α-hetero) is 1. The zero-order chi connectivity index (χ0) is 28.2. The van der Waals surface area contributed by atoms with Crippen LogP contribution in [0.3, 0.4) is 0 Å². The Kier molecular flexibility index (Phi) is 13.2. The maximum atomic E-state index is 13.1. The molecule has 3 N–H and O–H groups in total. The van der Waals surface area contributed by atoms with Gasteiger partial charge in [0.2, 0.25) is 11.7 Å². The summed E-state index contributed by atoms with van der Waals surface area (Å²) in [6, 6.07) is 2.20. The normalized spacial score (nSPS) is 18.8. The van der Waals surface area contributed by atoms with E-state index in [4.69, 9.17) is 14.6 Å². The summed E-state index contributed by atoms with van der Waals surface area (Å²) in [7, 11) is 1.42. The van der Waals surface area contributed by atoms with Gasteiger partial charge in [-0.3, -0.25) is 19.2 Å². The van der Waals surface area contributed by atoms with E-state index in [-0.39, 0.29) is 49.6 Å². The zero-order valence-electron chi connectivity index (χ0n) is 22.1. The molecule has 2 amide bonds. The summed E-state index contributed by atoms with van der Waals surface area (Å²) < 4.78 is 12.1. The summed E-state index contributed by atoms with van der Waals surface area (Å²) in [6.45, 7) is 3.69. The number of amides is 2. The van der Waals surface area contributed by atoms with Gasteiger partial charge in [0.05, 0.1) is 23.3 Å². The van der Waals surface area contributed by atoms with Gasteiger partial charge in [-0.05, 0) is 47.2 Å². The van der Waals surface area contributed by atoms with Gasteiger partial charge in [0, 0.05) is 37.1 Å². The fourth-order valence-corrected chi connectivity index (χ4v) is 5.03. The van der Waals surface area contributed by atoms with Crippen LogP contribution < -0.4 is 14.8 Å². The van der Waals surface area contributed by atoms with E-state index in [1.54, 1.807) is 13.0 Å². The fourth-order valence-electron chi connectivity index (χ4n) is 4.28. The highest BCUT2D eigenvalue weighted by atomic mass is 127. The second-order valence-electron chi connectivity index (χ2n) is 9.00. The predicted octanol–water partition coefficient (Wildman–Crippen LogP) is 2.42. The molecule has 1 aromatic rings. The first kappa shape index (κ1) is 31.7. The van der Waals surface area contributed by atoms with E-state index < -0.39 is 35.8 Å². The van der Waals surface area contributed by atoms with Crippen LogP contribution in [0, 0.1) is 3.57 Å². The third-order valence-electron chi connectivity index (χ3n) is 6.33. The molecule has 210 valence electrons. The van der Waals surface area contributed by atoms with Gasteiger partial charge >= 0.3 is 0 Å². The van der Waals surface area contributed by atoms with Crippen LogP contribution in [0.15, 0.2) is 23.8 Å². The Bertz CT molecular complexity index is 1030. The minimum absolute atomic E-state index is 0.00705. The Balaban J connectivity index is 2.50. The topological polar surface area (TPSA) is 142 Å².